The van der Waals surface area contributed by atoms with E-state index in [0.29, 0.717) is 6.42 Å². The molecule has 0 rings (SSSR count). The Morgan fingerprint density at radius 1 is 1.58 bits per heavy atom. The number of rotatable bonds is 5. The number of ether oxygens (including phenoxy) is 1. The van der Waals surface area contributed by atoms with Crippen molar-refractivity contribution in [1.29, 1.82) is 0 Å². The molecule has 0 aromatic rings. The summed E-state index contributed by atoms with van der Waals surface area (Å²) in [5.41, 5.74) is 5.25. The number of hydrogen-bond acceptors (Lipinski definition) is 3. The molecule has 0 aromatic carbocycles. The topological polar surface area (TPSA) is 52.3 Å². The third kappa shape index (κ3) is 10.4. The molecule has 0 saturated carbocycles. The predicted octanol–water partition coefficient (Wildman–Crippen LogP) is -1.47. The van der Waals surface area contributed by atoms with Crippen LogP contribution in [0.2, 0.25) is 0 Å². The van der Waals surface area contributed by atoms with Gasteiger partial charge in [0.1, 0.15) is 6.23 Å². The van der Waals surface area contributed by atoms with E-state index in [1.807, 2.05) is 0 Å². The first-order chi connectivity index (χ1) is 5.16. The fraction of sp³-hybridized carbons (Fsp3) is 0.875. The van der Waals surface area contributed by atoms with Crippen molar-refractivity contribution in [3.63, 3.8) is 0 Å². The van der Waals surface area contributed by atoms with Crippen molar-refractivity contribution in [3.8, 4) is 0 Å². The molecule has 0 aliphatic carbocycles. The zero-order chi connectivity index (χ0) is 8.69. The molecular formula is C8H18NNaO2. The van der Waals surface area contributed by atoms with Gasteiger partial charge < -0.3 is 6.16 Å². The molecule has 0 aliphatic rings. The Kier molecular flexibility index (Phi) is 11.8. The first kappa shape index (κ1) is 14.9. The molecule has 12 heavy (non-hydrogen) atoms. The van der Waals surface area contributed by atoms with Gasteiger partial charge >= 0.3 is 35.5 Å². The molecule has 0 aliphatic heterocycles. The molecule has 68 valence electrons. The quantitative estimate of drug-likeness (QED) is 0.245. The smallest absolute Gasteiger partial charge is 1.00 e. The summed E-state index contributed by atoms with van der Waals surface area (Å²) in [5, 5.41) is 0. The van der Waals surface area contributed by atoms with Crippen molar-refractivity contribution < 1.29 is 40.5 Å². The Bertz CT molecular complexity index is 123. The second kappa shape index (κ2) is 9.52. The van der Waals surface area contributed by atoms with Crippen LogP contribution in [-0.2, 0) is 9.53 Å². The third-order valence-corrected chi connectivity index (χ3v) is 1.30. The average Bonchev–Trinajstić information content (AvgIpc) is 1.86. The molecule has 0 radical (unpaired) electrons. The van der Waals surface area contributed by atoms with Gasteiger partial charge in [-0.1, -0.05) is 19.8 Å². The molecule has 0 aromatic heterocycles. The molecule has 0 spiro atoms. The summed E-state index contributed by atoms with van der Waals surface area (Å²) in [6.45, 7) is 3.74. The van der Waals surface area contributed by atoms with Gasteiger partial charge in [-0.15, -0.1) is 0 Å². The zero-order valence-electron chi connectivity index (χ0n) is 9.30. The molecule has 3 nitrogen and oxygen atoms in total. The van der Waals surface area contributed by atoms with Crippen LogP contribution in [0.5, 0.6) is 0 Å². The maximum absolute atomic E-state index is 10.8. The molecule has 0 bridgehead atoms. The van der Waals surface area contributed by atoms with Crippen LogP contribution in [0.15, 0.2) is 0 Å². The SMILES string of the molecule is CCCCCC(=O)OC(C)N.[H-].[Na+]. The van der Waals surface area contributed by atoms with Crippen molar-refractivity contribution >= 4 is 5.97 Å². The number of carbonyl (C=O) groups excluding carboxylic acids is 1. The van der Waals surface area contributed by atoms with Crippen LogP contribution < -0.4 is 35.3 Å². The summed E-state index contributed by atoms with van der Waals surface area (Å²) in [5.74, 6) is -0.187. The van der Waals surface area contributed by atoms with Crippen LogP contribution >= 0.6 is 0 Å². The third-order valence-electron chi connectivity index (χ3n) is 1.30. The Hall–Kier alpha value is 0.430. The molecule has 4 heteroatoms. The minimum Gasteiger partial charge on any atom is -1.00 e. The number of nitrogens with two attached hydrogens (primary N) is 1. The van der Waals surface area contributed by atoms with E-state index in [-0.39, 0.29) is 37.0 Å². The van der Waals surface area contributed by atoms with Gasteiger partial charge in [0, 0.05) is 6.42 Å². The Balaban J connectivity index is -0.000000500. The summed E-state index contributed by atoms with van der Waals surface area (Å²) >= 11 is 0. The van der Waals surface area contributed by atoms with Crippen molar-refractivity contribution in [3.05, 3.63) is 0 Å². The van der Waals surface area contributed by atoms with Crippen LogP contribution in [0.25, 0.3) is 0 Å². The van der Waals surface area contributed by atoms with Crippen molar-refractivity contribution in [2.75, 3.05) is 0 Å². The molecule has 2 N–H and O–H groups in total. The average molecular weight is 183 g/mol. The minimum atomic E-state index is -0.468. The van der Waals surface area contributed by atoms with Gasteiger partial charge in [0.15, 0.2) is 0 Å². The maximum Gasteiger partial charge on any atom is 1.00 e. The largest absolute Gasteiger partial charge is 1.00 e. The van der Waals surface area contributed by atoms with Gasteiger partial charge in [0.2, 0.25) is 0 Å². The monoisotopic (exact) mass is 183 g/mol. The Morgan fingerprint density at radius 2 is 2.17 bits per heavy atom. The molecular weight excluding hydrogens is 165 g/mol. The van der Waals surface area contributed by atoms with E-state index in [0.717, 1.165) is 19.3 Å². The second-order valence-corrected chi connectivity index (χ2v) is 2.65. The van der Waals surface area contributed by atoms with Gasteiger partial charge in [0.05, 0.1) is 0 Å². The Labute approximate surface area is 97.8 Å². The molecule has 0 saturated heterocycles. The number of unbranched alkanes of at least 4 members (excludes halogenated alkanes) is 2. The van der Waals surface area contributed by atoms with E-state index in [2.05, 4.69) is 6.92 Å². The minimum absolute atomic E-state index is 0. The standard InChI is InChI=1S/C8H17NO2.Na.H/c1-3-4-5-6-8(10)11-7(2)9;;/h7H,3-6,9H2,1-2H3;;/q;+1;-1. The zero-order valence-corrected chi connectivity index (χ0v) is 10.3. The van der Waals surface area contributed by atoms with Crippen molar-refractivity contribution in [2.45, 2.75) is 45.8 Å². The van der Waals surface area contributed by atoms with E-state index < -0.39 is 6.23 Å². The summed E-state index contributed by atoms with van der Waals surface area (Å²) in [7, 11) is 0. The van der Waals surface area contributed by atoms with Crippen LogP contribution in [0.3, 0.4) is 0 Å². The fourth-order valence-electron chi connectivity index (χ4n) is 0.786. The summed E-state index contributed by atoms with van der Waals surface area (Å²) in [6.07, 6.45) is 3.13. The van der Waals surface area contributed by atoms with Gasteiger partial charge in [-0.25, -0.2) is 0 Å². The predicted molar refractivity (Wildman–Crippen MR) is 45.0 cm³/mol. The molecule has 0 heterocycles. The summed E-state index contributed by atoms with van der Waals surface area (Å²) < 4.78 is 4.74. The van der Waals surface area contributed by atoms with E-state index >= 15 is 0 Å². The number of hydrogen-bond donors (Lipinski definition) is 1. The van der Waals surface area contributed by atoms with Crippen LogP contribution in [-0.4, -0.2) is 12.2 Å². The van der Waals surface area contributed by atoms with E-state index in [9.17, 15) is 4.79 Å². The number of esters is 1. The van der Waals surface area contributed by atoms with Crippen molar-refractivity contribution in [2.24, 2.45) is 5.73 Å². The van der Waals surface area contributed by atoms with Crippen LogP contribution in [0, 0.1) is 0 Å². The first-order valence-corrected chi connectivity index (χ1v) is 4.12. The van der Waals surface area contributed by atoms with E-state index in [1.54, 1.807) is 6.92 Å². The van der Waals surface area contributed by atoms with Crippen LogP contribution in [0.1, 0.15) is 41.0 Å². The molecule has 0 amide bonds. The van der Waals surface area contributed by atoms with Gasteiger partial charge in [-0.2, -0.15) is 0 Å². The van der Waals surface area contributed by atoms with Crippen LogP contribution in [0.4, 0.5) is 0 Å². The van der Waals surface area contributed by atoms with Crippen molar-refractivity contribution in [1.82, 2.24) is 0 Å². The molecule has 1 atom stereocenters. The Morgan fingerprint density at radius 3 is 2.58 bits per heavy atom. The van der Waals surface area contributed by atoms with Gasteiger partial charge in [0.25, 0.3) is 0 Å². The first-order valence-electron chi connectivity index (χ1n) is 4.12. The summed E-state index contributed by atoms with van der Waals surface area (Å²) in [4.78, 5) is 10.8. The van der Waals surface area contributed by atoms with Gasteiger partial charge in [-0.3, -0.25) is 10.5 Å². The van der Waals surface area contributed by atoms with Gasteiger partial charge in [-0.05, 0) is 13.3 Å². The maximum atomic E-state index is 10.8. The molecule has 0 fully saturated rings. The number of carbonyl (C=O) groups is 1. The summed E-state index contributed by atoms with van der Waals surface area (Å²) in [6, 6.07) is 0. The fourth-order valence-corrected chi connectivity index (χ4v) is 0.786. The normalized spacial score (nSPS) is 11.6. The second-order valence-electron chi connectivity index (χ2n) is 2.65. The van der Waals surface area contributed by atoms with E-state index in [4.69, 9.17) is 10.5 Å². The van der Waals surface area contributed by atoms with E-state index in [1.165, 1.54) is 0 Å². The molecule has 1 unspecified atom stereocenters.